The van der Waals surface area contributed by atoms with Gasteiger partial charge in [0.1, 0.15) is 11.5 Å². The number of rotatable bonds is 3. The second-order valence-electron chi connectivity index (χ2n) is 6.59. The highest BCUT2D eigenvalue weighted by atomic mass is 32.1. The standard InChI is InChI=1S/C22H15FN4OS2/c1-26-17-10-5-2-7-14(17)20(21(26)28)25-27-18(19-11-6-12-29-19)13-30-22(27)24-16-9-4-3-8-15(16)23/h2-13H,1H3. The van der Waals surface area contributed by atoms with Gasteiger partial charge in [-0.05, 0) is 29.6 Å². The van der Waals surface area contributed by atoms with Crippen LogP contribution >= 0.6 is 22.7 Å². The molecule has 0 N–H and O–H groups in total. The molecule has 4 aromatic rings. The normalized spacial score (nSPS) is 15.3. The smallest absolute Gasteiger partial charge is 0.279 e. The molecular weight excluding hydrogens is 419 g/mol. The molecule has 0 aliphatic carbocycles. The minimum absolute atomic E-state index is 0.191. The number of anilines is 1. The van der Waals surface area contributed by atoms with Crippen molar-refractivity contribution in [3.63, 3.8) is 0 Å². The molecule has 0 fully saturated rings. The van der Waals surface area contributed by atoms with Gasteiger partial charge in [-0.25, -0.2) is 14.1 Å². The van der Waals surface area contributed by atoms with Crippen LogP contribution in [-0.4, -0.2) is 23.3 Å². The van der Waals surface area contributed by atoms with Gasteiger partial charge in [-0.15, -0.1) is 22.7 Å². The number of halogens is 1. The highest BCUT2D eigenvalue weighted by Crippen LogP contribution is 2.30. The van der Waals surface area contributed by atoms with Gasteiger partial charge in [0.05, 0.1) is 16.3 Å². The SMILES string of the molecule is CN1C(=O)C(=Nn2c(-c3cccs3)csc2=Nc2ccccc2F)c2ccccc21. The number of aromatic nitrogens is 1. The van der Waals surface area contributed by atoms with Crippen LogP contribution in [0, 0.1) is 5.82 Å². The summed E-state index contributed by atoms with van der Waals surface area (Å²) in [7, 11) is 1.73. The summed E-state index contributed by atoms with van der Waals surface area (Å²) in [6.07, 6.45) is 0. The fraction of sp³-hybridized carbons (Fsp3) is 0.0455. The van der Waals surface area contributed by atoms with Crippen LogP contribution in [0.3, 0.4) is 0 Å². The number of fused-ring (bicyclic) bond motifs is 1. The van der Waals surface area contributed by atoms with Crippen molar-refractivity contribution < 1.29 is 9.18 Å². The lowest BCUT2D eigenvalue weighted by molar-refractivity contribution is -0.112. The summed E-state index contributed by atoms with van der Waals surface area (Å²) >= 11 is 2.91. The molecule has 0 unspecified atom stereocenters. The van der Waals surface area contributed by atoms with Gasteiger partial charge >= 0.3 is 0 Å². The summed E-state index contributed by atoms with van der Waals surface area (Å²) in [5.41, 5.74) is 2.93. The molecular formula is C22H15FN4OS2. The molecule has 30 heavy (non-hydrogen) atoms. The third-order valence-corrected chi connectivity index (χ3v) is 6.46. The molecule has 1 amide bonds. The van der Waals surface area contributed by atoms with Crippen molar-refractivity contribution in [3.05, 3.63) is 87.6 Å². The molecule has 0 radical (unpaired) electrons. The topological polar surface area (TPSA) is 50.0 Å². The van der Waals surface area contributed by atoms with Crippen molar-refractivity contribution in [3.8, 4) is 10.6 Å². The Balaban J connectivity index is 1.75. The largest absolute Gasteiger partial charge is 0.309 e. The van der Waals surface area contributed by atoms with Crippen LogP contribution in [0.25, 0.3) is 10.6 Å². The van der Waals surface area contributed by atoms with Gasteiger partial charge in [0.15, 0.2) is 5.71 Å². The van der Waals surface area contributed by atoms with Crippen LogP contribution in [0.4, 0.5) is 15.8 Å². The third kappa shape index (κ3) is 3.10. The fourth-order valence-electron chi connectivity index (χ4n) is 3.26. The second-order valence-corrected chi connectivity index (χ2v) is 8.37. The van der Waals surface area contributed by atoms with Crippen LogP contribution in [0.1, 0.15) is 5.56 Å². The van der Waals surface area contributed by atoms with Crippen LogP contribution in [0.15, 0.2) is 81.5 Å². The zero-order valence-electron chi connectivity index (χ0n) is 15.8. The minimum atomic E-state index is -0.412. The lowest BCUT2D eigenvalue weighted by atomic mass is 10.1. The van der Waals surface area contributed by atoms with Crippen molar-refractivity contribution in [2.24, 2.45) is 10.1 Å². The first-order chi connectivity index (χ1) is 14.6. The number of para-hydroxylation sites is 2. The number of carbonyl (C=O) groups is 1. The predicted octanol–water partition coefficient (Wildman–Crippen LogP) is 4.88. The maximum Gasteiger partial charge on any atom is 0.279 e. The molecule has 0 spiro atoms. The van der Waals surface area contributed by atoms with E-state index in [0.29, 0.717) is 10.5 Å². The van der Waals surface area contributed by atoms with E-state index in [0.717, 1.165) is 21.8 Å². The average Bonchev–Trinajstić information content (AvgIpc) is 3.47. The molecule has 5 rings (SSSR count). The van der Waals surface area contributed by atoms with Crippen LogP contribution in [0.2, 0.25) is 0 Å². The summed E-state index contributed by atoms with van der Waals surface area (Å²) in [4.78, 5) is 20.4. The first-order valence-electron chi connectivity index (χ1n) is 9.13. The Morgan fingerprint density at radius 2 is 1.77 bits per heavy atom. The lowest BCUT2D eigenvalue weighted by Crippen LogP contribution is -2.27. The van der Waals surface area contributed by atoms with Crippen molar-refractivity contribution in [2.45, 2.75) is 0 Å². The monoisotopic (exact) mass is 434 g/mol. The van der Waals surface area contributed by atoms with Crippen LogP contribution < -0.4 is 9.70 Å². The summed E-state index contributed by atoms with van der Waals surface area (Å²) in [5.74, 6) is -0.603. The summed E-state index contributed by atoms with van der Waals surface area (Å²) in [6.45, 7) is 0. The maximum atomic E-state index is 14.2. The summed E-state index contributed by atoms with van der Waals surface area (Å²) in [6, 6.07) is 17.8. The van der Waals surface area contributed by atoms with E-state index in [-0.39, 0.29) is 11.6 Å². The predicted molar refractivity (Wildman–Crippen MR) is 119 cm³/mol. The molecule has 148 valence electrons. The Morgan fingerprint density at radius 1 is 0.967 bits per heavy atom. The number of nitrogens with zero attached hydrogens (tertiary/aromatic N) is 4. The van der Waals surface area contributed by atoms with E-state index in [1.807, 2.05) is 47.2 Å². The maximum absolute atomic E-state index is 14.2. The second kappa shape index (κ2) is 7.47. The highest BCUT2D eigenvalue weighted by molar-refractivity contribution is 7.14. The Morgan fingerprint density at radius 3 is 2.57 bits per heavy atom. The lowest BCUT2D eigenvalue weighted by Gasteiger charge is -2.07. The Kier molecular flexibility index (Phi) is 4.65. The number of thiophene rings is 1. The molecule has 5 nitrogen and oxygen atoms in total. The number of hydrogen-bond acceptors (Lipinski definition) is 5. The number of likely N-dealkylation sites (N-methyl/N-ethyl adjacent to an activating group) is 1. The van der Waals surface area contributed by atoms with E-state index < -0.39 is 5.82 Å². The van der Waals surface area contributed by atoms with E-state index in [9.17, 15) is 9.18 Å². The zero-order chi connectivity index (χ0) is 20.7. The van der Waals surface area contributed by atoms with Gasteiger partial charge in [-0.3, -0.25) is 4.79 Å². The molecule has 2 aromatic heterocycles. The van der Waals surface area contributed by atoms with Crippen molar-refractivity contribution >= 4 is 45.7 Å². The molecule has 0 saturated carbocycles. The van der Waals surface area contributed by atoms with Gasteiger partial charge in [-0.2, -0.15) is 5.10 Å². The quantitative estimate of drug-likeness (QED) is 0.453. The zero-order valence-corrected chi connectivity index (χ0v) is 17.5. The number of thiazole rings is 1. The summed E-state index contributed by atoms with van der Waals surface area (Å²) in [5, 5.41) is 8.61. The van der Waals surface area contributed by atoms with Crippen molar-refractivity contribution in [1.29, 1.82) is 0 Å². The molecule has 0 atom stereocenters. The number of hydrogen-bond donors (Lipinski definition) is 0. The number of carbonyl (C=O) groups excluding carboxylic acids is 1. The highest BCUT2D eigenvalue weighted by Gasteiger charge is 2.31. The van der Waals surface area contributed by atoms with Gasteiger partial charge in [0.25, 0.3) is 5.91 Å². The van der Waals surface area contributed by atoms with Crippen LogP contribution in [0.5, 0.6) is 0 Å². The van der Waals surface area contributed by atoms with Gasteiger partial charge in [0.2, 0.25) is 4.80 Å². The number of benzene rings is 2. The van der Waals surface area contributed by atoms with E-state index in [1.54, 1.807) is 46.2 Å². The molecule has 1 aliphatic heterocycles. The van der Waals surface area contributed by atoms with Gasteiger partial charge < -0.3 is 4.90 Å². The Labute approximate surface area is 179 Å². The van der Waals surface area contributed by atoms with Gasteiger partial charge in [0, 0.05) is 18.0 Å². The number of amides is 1. The van der Waals surface area contributed by atoms with Crippen molar-refractivity contribution in [2.75, 3.05) is 11.9 Å². The Hall–Kier alpha value is -3.36. The molecule has 1 aliphatic rings. The molecule has 8 heteroatoms. The first-order valence-corrected chi connectivity index (χ1v) is 10.9. The van der Waals surface area contributed by atoms with Crippen molar-refractivity contribution in [1.82, 2.24) is 4.68 Å². The van der Waals surface area contributed by atoms with E-state index in [4.69, 9.17) is 5.10 Å². The molecule has 0 saturated heterocycles. The third-order valence-electron chi connectivity index (χ3n) is 4.76. The van der Waals surface area contributed by atoms with E-state index in [2.05, 4.69) is 4.99 Å². The minimum Gasteiger partial charge on any atom is -0.309 e. The fourth-order valence-corrected chi connectivity index (χ4v) is 4.90. The molecule has 0 bridgehead atoms. The summed E-state index contributed by atoms with van der Waals surface area (Å²) < 4.78 is 15.8. The Bertz CT molecular complexity index is 1350. The molecule has 3 heterocycles. The van der Waals surface area contributed by atoms with Gasteiger partial charge in [-0.1, -0.05) is 36.4 Å². The van der Waals surface area contributed by atoms with E-state index >= 15 is 0 Å². The van der Waals surface area contributed by atoms with Crippen LogP contribution in [-0.2, 0) is 4.79 Å². The first kappa shape index (κ1) is 18.7. The molecule has 2 aromatic carbocycles. The average molecular weight is 435 g/mol. The van der Waals surface area contributed by atoms with E-state index in [1.165, 1.54) is 17.4 Å².